The van der Waals surface area contributed by atoms with Crippen LogP contribution in [0.4, 0.5) is 11.5 Å². The number of hydrogen-bond acceptors (Lipinski definition) is 5. The van der Waals surface area contributed by atoms with E-state index in [-0.39, 0.29) is 18.0 Å². The Morgan fingerprint density at radius 1 is 1.29 bits per heavy atom. The molecule has 3 heterocycles. The molecule has 0 radical (unpaired) electrons. The Morgan fingerprint density at radius 2 is 2.10 bits per heavy atom. The summed E-state index contributed by atoms with van der Waals surface area (Å²) in [6, 6.07) is 6.92. The van der Waals surface area contributed by atoms with Crippen LogP contribution in [-0.2, 0) is 4.79 Å². The number of benzene rings is 1. The van der Waals surface area contributed by atoms with Crippen molar-refractivity contribution in [3.63, 3.8) is 0 Å². The van der Waals surface area contributed by atoms with Crippen LogP contribution in [0.25, 0.3) is 11.0 Å². The van der Waals surface area contributed by atoms with Gasteiger partial charge in [0.2, 0.25) is 5.91 Å². The van der Waals surface area contributed by atoms with Crippen LogP contribution in [0, 0.1) is 0 Å². The van der Waals surface area contributed by atoms with Crippen molar-refractivity contribution in [1.82, 2.24) is 20.3 Å². The van der Waals surface area contributed by atoms with Crippen molar-refractivity contribution < 1.29 is 4.79 Å². The highest BCUT2D eigenvalue weighted by Crippen LogP contribution is 2.26. The molecule has 3 aromatic rings. The Morgan fingerprint density at radius 3 is 2.87 bits per heavy atom. The van der Waals surface area contributed by atoms with Gasteiger partial charge < -0.3 is 20.5 Å². The number of H-pyrrole nitrogens is 1. The van der Waals surface area contributed by atoms with E-state index in [4.69, 9.17) is 23.2 Å². The average molecular weight is 461 g/mol. The molecule has 0 aliphatic carbocycles. The van der Waals surface area contributed by atoms with E-state index >= 15 is 0 Å². The number of nitrogens with zero attached hydrogens (tertiary/aromatic N) is 3. The van der Waals surface area contributed by atoms with Gasteiger partial charge in [-0.3, -0.25) is 4.79 Å². The van der Waals surface area contributed by atoms with Gasteiger partial charge in [-0.25, -0.2) is 9.97 Å². The second-order valence-electron chi connectivity index (χ2n) is 7.87. The lowest BCUT2D eigenvalue weighted by Crippen LogP contribution is -2.51. The first-order valence-corrected chi connectivity index (χ1v) is 11.3. The number of aromatic nitrogens is 3. The minimum atomic E-state index is -0.356. The summed E-state index contributed by atoms with van der Waals surface area (Å²) in [6.45, 7) is 3.68. The third-order valence-corrected chi connectivity index (χ3v) is 5.93. The monoisotopic (exact) mass is 460 g/mol. The van der Waals surface area contributed by atoms with Gasteiger partial charge in [-0.05, 0) is 43.5 Å². The van der Waals surface area contributed by atoms with Crippen LogP contribution in [0.1, 0.15) is 32.6 Å². The van der Waals surface area contributed by atoms with Crippen LogP contribution in [0.2, 0.25) is 10.0 Å². The molecule has 9 heteroatoms. The number of halogens is 2. The molecule has 1 amide bonds. The van der Waals surface area contributed by atoms with Crippen LogP contribution in [0.15, 0.2) is 36.8 Å². The molecule has 164 valence electrons. The normalized spacial score (nSPS) is 17.5. The van der Waals surface area contributed by atoms with Gasteiger partial charge in [0, 0.05) is 41.1 Å². The van der Waals surface area contributed by atoms with Gasteiger partial charge >= 0.3 is 0 Å². The second kappa shape index (κ2) is 9.75. The summed E-state index contributed by atoms with van der Waals surface area (Å²) in [6.07, 6.45) is 6.95. The first-order valence-electron chi connectivity index (χ1n) is 10.6. The Balaban J connectivity index is 1.44. The highest BCUT2D eigenvalue weighted by atomic mass is 35.5. The predicted molar refractivity (Wildman–Crippen MR) is 126 cm³/mol. The minimum Gasteiger partial charge on any atom is -0.374 e. The molecular formula is C22H26Cl2N6O. The average Bonchev–Trinajstić information content (AvgIpc) is 3.22. The van der Waals surface area contributed by atoms with Crippen LogP contribution in [-0.4, -0.2) is 46.0 Å². The van der Waals surface area contributed by atoms with Gasteiger partial charge in [0.05, 0.1) is 5.39 Å². The number of rotatable bonds is 7. The van der Waals surface area contributed by atoms with E-state index in [9.17, 15) is 4.79 Å². The molecule has 2 aromatic heterocycles. The quantitative estimate of drug-likeness (QED) is 0.478. The number of amides is 1. The zero-order chi connectivity index (χ0) is 21.8. The van der Waals surface area contributed by atoms with Crippen LogP contribution >= 0.6 is 23.2 Å². The van der Waals surface area contributed by atoms with Gasteiger partial charge in [-0.15, -0.1) is 0 Å². The van der Waals surface area contributed by atoms with Crippen molar-refractivity contribution in [1.29, 1.82) is 0 Å². The summed E-state index contributed by atoms with van der Waals surface area (Å²) < 4.78 is 0. The number of piperidine rings is 1. The fourth-order valence-corrected chi connectivity index (χ4v) is 4.62. The molecule has 1 aliphatic rings. The lowest BCUT2D eigenvalue weighted by molar-refractivity contribution is -0.122. The van der Waals surface area contributed by atoms with E-state index in [0.717, 1.165) is 48.3 Å². The largest absolute Gasteiger partial charge is 0.374 e. The minimum absolute atomic E-state index is 0.0146. The molecule has 0 saturated carbocycles. The molecule has 1 aliphatic heterocycles. The summed E-state index contributed by atoms with van der Waals surface area (Å²) in [5, 5.41) is 8.60. The number of nitrogens with one attached hydrogen (secondary N) is 3. The van der Waals surface area contributed by atoms with Crippen LogP contribution < -0.4 is 15.5 Å². The highest BCUT2D eigenvalue weighted by Gasteiger charge is 2.26. The molecule has 7 nitrogen and oxygen atoms in total. The Kier molecular flexibility index (Phi) is 6.83. The van der Waals surface area contributed by atoms with Crippen molar-refractivity contribution >= 4 is 51.6 Å². The molecule has 1 fully saturated rings. The molecule has 4 rings (SSSR count). The maximum atomic E-state index is 13.1. The number of fused-ring (bicyclic) bond motifs is 1. The van der Waals surface area contributed by atoms with Crippen molar-refractivity contribution in [2.24, 2.45) is 0 Å². The zero-order valence-electron chi connectivity index (χ0n) is 17.4. The molecule has 0 unspecified atom stereocenters. The fraction of sp³-hybridized carbons (Fsp3) is 0.409. The predicted octanol–water partition coefficient (Wildman–Crippen LogP) is 4.63. The second-order valence-corrected chi connectivity index (χ2v) is 8.75. The van der Waals surface area contributed by atoms with Crippen molar-refractivity contribution in [2.45, 2.75) is 44.7 Å². The molecule has 31 heavy (non-hydrogen) atoms. The van der Waals surface area contributed by atoms with E-state index in [1.807, 2.05) is 12.3 Å². The molecule has 1 saturated heterocycles. The lowest BCUT2D eigenvalue weighted by atomic mass is 10.0. The van der Waals surface area contributed by atoms with Crippen LogP contribution in [0.3, 0.4) is 0 Å². The van der Waals surface area contributed by atoms with Gasteiger partial charge in [0.1, 0.15) is 23.8 Å². The summed E-state index contributed by atoms with van der Waals surface area (Å²) in [4.78, 5) is 27.2. The standard InChI is InChI=1S/C22H26Cl2N6O/c1-2-4-19(28-17-10-14(23)9-15(24)11-17)22(31)29-16-5-3-8-30(12-16)21-18-6-7-25-20(18)26-13-27-21/h6-7,9-11,13,16,19,28H,2-5,8,12H2,1H3,(H,29,31)(H,25,26,27)/t16-,19-/m1/s1. The number of carbonyl (C=O) groups is 1. The Labute approximate surface area is 191 Å². The Bertz CT molecular complexity index is 1040. The summed E-state index contributed by atoms with van der Waals surface area (Å²) in [5.41, 5.74) is 1.57. The molecule has 3 N–H and O–H groups in total. The Hall–Kier alpha value is -2.51. The van der Waals surface area contributed by atoms with Gasteiger partial charge in [0.15, 0.2) is 0 Å². The van der Waals surface area contributed by atoms with Crippen LogP contribution in [0.5, 0.6) is 0 Å². The maximum Gasteiger partial charge on any atom is 0.242 e. The first-order chi connectivity index (χ1) is 15.0. The maximum absolute atomic E-state index is 13.1. The van der Waals surface area contributed by atoms with Gasteiger partial charge in [-0.2, -0.15) is 0 Å². The molecule has 0 bridgehead atoms. The number of hydrogen-bond donors (Lipinski definition) is 3. The third-order valence-electron chi connectivity index (χ3n) is 5.50. The first kappa shape index (κ1) is 21.7. The van der Waals surface area contributed by atoms with E-state index in [1.54, 1.807) is 24.5 Å². The van der Waals surface area contributed by atoms with E-state index < -0.39 is 0 Å². The molecule has 0 spiro atoms. The summed E-state index contributed by atoms with van der Waals surface area (Å²) >= 11 is 12.2. The highest BCUT2D eigenvalue weighted by molar-refractivity contribution is 6.35. The zero-order valence-corrected chi connectivity index (χ0v) is 18.9. The number of aromatic amines is 1. The SMILES string of the molecule is CCC[C@@H](Nc1cc(Cl)cc(Cl)c1)C(=O)N[C@@H]1CCCN(c2ncnc3[nH]ccc23)C1. The molecule has 2 atom stereocenters. The van der Waals surface area contributed by atoms with Gasteiger partial charge in [0.25, 0.3) is 0 Å². The molecule has 1 aromatic carbocycles. The molecular weight excluding hydrogens is 435 g/mol. The summed E-state index contributed by atoms with van der Waals surface area (Å²) in [7, 11) is 0. The number of anilines is 2. The third kappa shape index (κ3) is 5.22. The summed E-state index contributed by atoms with van der Waals surface area (Å²) in [5.74, 6) is 0.890. The van der Waals surface area contributed by atoms with Crippen molar-refractivity contribution in [3.05, 3.63) is 46.8 Å². The lowest BCUT2D eigenvalue weighted by Gasteiger charge is -2.35. The van der Waals surface area contributed by atoms with Crippen molar-refractivity contribution in [2.75, 3.05) is 23.3 Å². The topological polar surface area (TPSA) is 85.9 Å². The van der Waals surface area contributed by atoms with Crippen molar-refractivity contribution in [3.8, 4) is 0 Å². The van der Waals surface area contributed by atoms with E-state index in [2.05, 4.69) is 37.4 Å². The number of carbonyl (C=O) groups excluding carboxylic acids is 1. The van der Waals surface area contributed by atoms with E-state index in [0.29, 0.717) is 23.0 Å². The van der Waals surface area contributed by atoms with Gasteiger partial charge in [-0.1, -0.05) is 36.5 Å². The van der Waals surface area contributed by atoms with E-state index in [1.165, 1.54) is 0 Å². The fourth-order valence-electron chi connectivity index (χ4n) is 4.10. The smallest absolute Gasteiger partial charge is 0.242 e.